The van der Waals surface area contributed by atoms with E-state index in [-0.39, 0.29) is 11.9 Å². The number of nitrogens with one attached hydrogen (secondary N) is 1. The average Bonchev–Trinajstić information content (AvgIpc) is 2.62. The molecule has 1 amide bonds. The smallest absolute Gasteiger partial charge is 0.224 e. The second-order valence-electron chi connectivity index (χ2n) is 5.75. The number of hydrogen-bond acceptors (Lipinski definition) is 1. The van der Waals surface area contributed by atoms with Gasteiger partial charge in [-0.15, -0.1) is 12.3 Å². The molecule has 3 aromatic rings. The number of rotatable bonds is 5. The molecule has 0 heterocycles. The van der Waals surface area contributed by atoms with Crippen molar-refractivity contribution in [2.45, 2.75) is 18.9 Å². The number of carbonyl (C=O) groups excluding carboxylic acids is 1. The maximum atomic E-state index is 12.5. The number of hydrogen-bond donors (Lipinski definition) is 1. The van der Waals surface area contributed by atoms with Crippen molar-refractivity contribution in [3.05, 3.63) is 83.9 Å². The van der Waals surface area contributed by atoms with Crippen LogP contribution in [0.15, 0.2) is 72.8 Å². The molecule has 1 N–H and O–H groups in total. The lowest BCUT2D eigenvalue weighted by Gasteiger charge is -2.17. The summed E-state index contributed by atoms with van der Waals surface area (Å²) in [5, 5.41) is 5.32. The van der Waals surface area contributed by atoms with Crippen LogP contribution in [0.25, 0.3) is 10.8 Å². The SMILES string of the molecule is C#CC[C@H](NC(=O)Cc1cccc2ccccc12)c1ccccc1. The van der Waals surface area contributed by atoms with Crippen molar-refractivity contribution in [3.63, 3.8) is 0 Å². The standard InChI is InChI=1S/C22H19NO/c1-2-9-21(18-11-4-3-5-12-18)23-22(24)16-19-14-8-13-17-10-6-7-15-20(17)19/h1,3-8,10-15,21H,9,16H2,(H,23,24)/t21-/m0/s1. The van der Waals surface area contributed by atoms with E-state index in [0.29, 0.717) is 12.8 Å². The quantitative estimate of drug-likeness (QED) is 0.701. The summed E-state index contributed by atoms with van der Waals surface area (Å²) in [7, 11) is 0. The van der Waals surface area contributed by atoms with E-state index in [2.05, 4.69) is 23.4 Å². The van der Waals surface area contributed by atoms with Crippen molar-refractivity contribution in [2.24, 2.45) is 0 Å². The van der Waals surface area contributed by atoms with Crippen LogP contribution in [0.1, 0.15) is 23.6 Å². The molecule has 0 saturated heterocycles. The fourth-order valence-corrected chi connectivity index (χ4v) is 2.92. The molecule has 0 aliphatic heterocycles. The molecule has 0 aliphatic carbocycles. The maximum absolute atomic E-state index is 12.5. The first kappa shape index (κ1) is 15.8. The van der Waals surface area contributed by atoms with Gasteiger partial charge >= 0.3 is 0 Å². The normalized spacial score (nSPS) is 11.6. The molecule has 1 atom stereocenters. The van der Waals surface area contributed by atoms with Gasteiger partial charge in [0.2, 0.25) is 5.91 Å². The highest BCUT2D eigenvalue weighted by molar-refractivity contribution is 5.90. The summed E-state index contributed by atoms with van der Waals surface area (Å²) in [5.74, 6) is 2.63. The Morgan fingerprint density at radius 1 is 0.958 bits per heavy atom. The van der Waals surface area contributed by atoms with Crippen LogP contribution in [0.5, 0.6) is 0 Å². The van der Waals surface area contributed by atoms with Crippen molar-refractivity contribution in [1.29, 1.82) is 0 Å². The second kappa shape index (κ2) is 7.48. The topological polar surface area (TPSA) is 29.1 Å². The van der Waals surface area contributed by atoms with E-state index in [0.717, 1.165) is 21.9 Å². The fourth-order valence-electron chi connectivity index (χ4n) is 2.92. The molecule has 0 aliphatic rings. The number of benzene rings is 3. The van der Waals surface area contributed by atoms with Gasteiger partial charge < -0.3 is 5.32 Å². The minimum absolute atomic E-state index is 0.0181. The Kier molecular flexibility index (Phi) is 4.93. The molecule has 118 valence electrons. The van der Waals surface area contributed by atoms with Crippen LogP contribution in [-0.2, 0) is 11.2 Å². The Morgan fingerprint density at radius 2 is 1.67 bits per heavy atom. The fraction of sp³-hybridized carbons (Fsp3) is 0.136. The van der Waals surface area contributed by atoms with Gasteiger partial charge in [0.15, 0.2) is 0 Å². The number of amides is 1. The van der Waals surface area contributed by atoms with Crippen molar-refractivity contribution in [3.8, 4) is 12.3 Å². The molecule has 0 fully saturated rings. The van der Waals surface area contributed by atoms with E-state index in [1.54, 1.807) is 0 Å². The van der Waals surface area contributed by atoms with Crippen LogP contribution in [0.4, 0.5) is 0 Å². The van der Waals surface area contributed by atoms with Gasteiger partial charge in [-0.05, 0) is 21.9 Å². The molecule has 3 aromatic carbocycles. The van der Waals surface area contributed by atoms with Crippen LogP contribution in [0, 0.1) is 12.3 Å². The van der Waals surface area contributed by atoms with Gasteiger partial charge in [-0.25, -0.2) is 0 Å². The van der Waals surface area contributed by atoms with E-state index in [4.69, 9.17) is 6.42 Å². The summed E-state index contributed by atoms with van der Waals surface area (Å²) in [6, 6.07) is 23.8. The largest absolute Gasteiger partial charge is 0.348 e. The first-order valence-electron chi connectivity index (χ1n) is 8.02. The third-order valence-corrected chi connectivity index (χ3v) is 4.09. The Morgan fingerprint density at radius 3 is 2.46 bits per heavy atom. The molecule has 2 heteroatoms. The van der Waals surface area contributed by atoms with Crippen molar-refractivity contribution >= 4 is 16.7 Å². The Balaban J connectivity index is 1.77. The molecular formula is C22H19NO. The van der Waals surface area contributed by atoms with Crippen LogP contribution >= 0.6 is 0 Å². The summed E-state index contributed by atoms with van der Waals surface area (Å²) in [5.41, 5.74) is 2.06. The summed E-state index contributed by atoms with van der Waals surface area (Å²) in [4.78, 5) is 12.5. The summed E-state index contributed by atoms with van der Waals surface area (Å²) < 4.78 is 0. The molecule has 0 aromatic heterocycles. The van der Waals surface area contributed by atoms with Crippen LogP contribution in [0.2, 0.25) is 0 Å². The third-order valence-electron chi connectivity index (χ3n) is 4.09. The van der Waals surface area contributed by atoms with Crippen molar-refractivity contribution < 1.29 is 4.79 Å². The predicted octanol–water partition coefficient (Wildman–Crippen LogP) is 4.26. The Bertz CT molecular complexity index is 872. The zero-order valence-corrected chi connectivity index (χ0v) is 13.4. The molecule has 0 saturated carbocycles. The molecule has 24 heavy (non-hydrogen) atoms. The zero-order chi connectivity index (χ0) is 16.8. The number of fused-ring (bicyclic) bond motifs is 1. The van der Waals surface area contributed by atoms with Gasteiger partial charge in [0.05, 0.1) is 12.5 Å². The van der Waals surface area contributed by atoms with Crippen LogP contribution in [-0.4, -0.2) is 5.91 Å². The first-order chi connectivity index (χ1) is 11.8. The van der Waals surface area contributed by atoms with Gasteiger partial charge in [0.25, 0.3) is 0 Å². The summed E-state index contributed by atoms with van der Waals surface area (Å²) in [6.45, 7) is 0. The van der Waals surface area contributed by atoms with E-state index >= 15 is 0 Å². The minimum atomic E-state index is -0.154. The van der Waals surface area contributed by atoms with E-state index in [1.165, 1.54) is 0 Å². The maximum Gasteiger partial charge on any atom is 0.224 e. The van der Waals surface area contributed by atoms with Crippen molar-refractivity contribution in [2.75, 3.05) is 0 Å². The predicted molar refractivity (Wildman–Crippen MR) is 98.4 cm³/mol. The summed E-state index contributed by atoms with van der Waals surface area (Å²) >= 11 is 0. The first-order valence-corrected chi connectivity index (χ1v) is 8.02. The highest BCUT2D eigenvalue weighted by atomic mass is 16.1. The second-order valence-corrected chi connectivity index (χ2v) is 5.75. The molecule has 0 bridgehead atoms. The Hall–Kier alpha value is -3.05. The monoisotopic (exact) mass is 313 g/mol. The highest BCUT2D eigenvalue weighted by Crippen LogP contribution is 2.20. The lowest BCUT2D eigenvalue weighted by atomic mass is 10.0. The third kappa shape index (κ3) is 3.64. The molecule has 3 rings (SSSR count). The molecule has 0 unspecified atom stereocenters. The molecule has 0 radical (unpaired) electrons. The molecular weight excluding hydrogens is 294 g/mol. The van der Waals surface area contributed by atoms with Gasteiger partial charge in [-0.1, -0.05) is 72.8 Å². The van der Waals surface area contributed by atoms with E-state index in [1.807, 2.05) is 60.7 Å². The van der Waals surface area contributed by atoms with Gasteiger partial charge in [-0.3, -0.25) is 4.79 Å². The average molecular weight is 313 g/mol. The number of terminal acetylenes is 1. The van der Waals surface area contributed by atoms with Gasteiger partial charge in [0.1, 0.15) is 0 Å². The van der Waals surface area contributed by atoms with Crippen LogP contribution in [0.3, 0.4) is 0 Å². The van der Waals surface area contributed by atoms with E-state index < -0.39 is 0 Å². The lowest BCUT2D eigenvalue weighted by Crippen LogP contribution is -2.29. The minimum Gasteiger partial charge on any atom is -0.348 e. The van der Waals surface area contributed by atoms with Gasteiger partial charge in [-0.2, -0.15) is 0 Å². The van der Waals surface area contributed by atoms with Gasteiger partial charge in [0, 0.05) is 6.42 Å². The van der Waals surface area contributed by atoms with Crippen LogP contribution < -0.4 is 5.32 Å². The zero-order valence-electron chi connectivity index (χ0n) is 13.4. The Labute approximate surface area is 142 Å². The molecule has 0 spiro atoms. The van der Waals surface area contributed by atoms with Crippen molar-refractivity contribution in [1.82, 2.24) is 5.32 Å². The molecule has 2 nitrogen and oxygen atoms in total. The lowest BCUT2D eigenvalue weighted by molar-refractivity contribution is -0.121. The highest BCUT2D eigenvalue weighted by Gasteiger charge is 2.14. The number of carbonyl (C=O) groups is 1. The summed E-state index contributed by atoms with van der Waals surface area (Å²) in [6.07, 6.45) is 6.29. The van der Waals surface area contributed by atoms with E-state index in [9.17, 15) is 4.79 Å².